The minimum absolute atomic E-state index is 0.152. The van der Waals surface area contributed by atoms with E-state index in [1.54, 1.807) is 0 Å². The maximum Gasteiger partial charge on any atom is 0.331 e. The number of rotatable bonds is 7. The molecule has 3 heteroatoms. The van der Waals surface area contributed by atoms with Gasteiger partial charge in [-0.3, -0.25) is 0 Å². The molecule has 0 aliphatic heterocycles. The van der Waals surface area contributed by atoms with E-state index in [1.807, 2.05) is 39.0 Å². The van der Waals surface area contributed by atoms with E-state index < -0.39 is 5.54 Å². The zero-order valence-electron chi connectivity index (χ0n) is 12.5. The molecule has 0 heterocycles. The molecular weight excluding hydrogens is 238 g/mol. The summed E-state index contributed by atoms with van der Waals surface area (Å²) in [5, 5.41) is 3.39. The van der Waals surface area contributed by atoms with Crippen molar-refractivity contribution in [2.24, 2.45) is 0 Å². The van der Waals surface area contributed by atoms with Crippen LogP contribution in [0.5, 0.6) is 0 Å². The van der Waals surface area contributed by atoms with Gasteiger partial charge in [0, 0.05) is 5.69 Å². The number of benzene rings is 1. The van der Waals surface area contributed by atoms with E-state index in [-0.39, 0.29) is 5.97 Å². The number of carbonyl (C=O) groups is 1. The predicted molar refractivity (Wildman–Crippen MR) is 79.4 cm³/mol. The first-order chi connectivity index (χ1) is 9.07. The second-order valence-corrected chi connectivity index (χ2v) is 4.90. The van der Waals surface area contributed by atoms with Crippen LogP contribution in [0.15, 0.2) is 24.3 Å². The monoisotopic (exact) mass is 263 g/mol. The topological polar surface area (TPSA) is 38.3 Å². The first-order valence-electron chi connectivity index (χ1n) is 7.10. The van der Waals surface area contributed by atoms with Crippen molar-refractivity contribution in [3.63, 3.8) is 0 Å². The first kappa shape index (κ1) is 15.5. The van der Waals surface area contributed by atoms with Gasteiger partial charge >= 0.3 is 5.97 Å². The van der Waals surface area contributed by atoms with Gasteiger partial charge in [0.15, 0.2) is 0 Å². The highest BCUT2D eigenvalue weighted by Crippen LogP contribution is 2.26. The molecule has 0 aliphatic carbocycles. The van der Waals surface area contributed by atoms with Crippen LogP contribution in [0.2, 0.25) is 0 Å². The first-order valence-corrected chi connectivity index (χ1v) is 7.10. The number of ether oxygens (including phenoxy) is 1. The molecule has 1 unspecified atom stereocenters. The fraction of sp³-hybridized carbons (Fsp3) is 0.562. The van der Waals surface area contributed by atoms with Crippen LogP contribution in [0, 0.1) is 6.92 Å². The Kier molecular flexibility index (Phi) is 5.87. The number of carbonyl (C=O) groups excluding carboxylic acids is 1. The van der Waals surface area contributed by atoms with Gasteiger partial charge < -0.3 is 10.1 Å². The van der Waals surface area contributed by atoms with E-state index in [0.717, 1.165) is 18.5 Å². The molecule has 0 bridgehead atoms. The fourth-order valence-electron chi connectivity index (χ4n) is 2.32. The standard InChI is InChI=1S/C16H25NO2/c1-5-11-16(6-2,15(18)19-7-3)17-14-10-8-9-13(4)12-14/h8-10,12,17H,5-7,11H2,1-4H3. The molecule has 0 fully saturated rings. The molecular formula is C16H25NO2. The maximum absolute atomic E-state index is 12.3. The smallest absolute Gasteiger partial charge is 0.331 e. The maximum atomic E-state index is 12.3. The summed E-state index contributed by atoms with van der Waals surface area (Å²) in [5.74, 6) is -0.152. The van der Waals surface area contributed by atoms with Crippen molar-refractivity contribution in [2.75, 3.05) is 11.9 Å². The van der Waals surface area contributed by atoms with E-state index in [0.29, 0.717) is 13.0 Å². The lowest BCUT2D eigenvalue weighted by atomic mass is 9.90. The summed E-state index contributed by atoms with van der Waals surface area (Å²) < 4.78 is 5.25. The molecule has 0 saturated carbocycles. The molecule has 0 spiro atoms. The van der Waals surface area contributed by atoms with Gasteiger partial charge in [-0.15, -0.1) is 0 Å². The summed E-state index contributed by atoms with van der Waals surface area (Å²) in [6.45, 7) is 8.41. The molecule has 106 valence electrons. The quantitative estimate of drug-likeness (QED) is 0.758. The molecule has 1 rings (SSSR count). The number of nitrogens with one attached hydrogen (secondary N) is 1. The molecule has 3 nitrogen and oxygen atoms in total. The summed E-state index contributed by atoms with van der Waals surface area (Å²) in [7, 11) is 0. The fourth-order valence-corrected chi connectivity index (χ4v) is 2.32. The van der Waals surface area contributed by atoms with Crippen LogP contribution in [0.1, 0.15) is 45.6 Å². The van der Waals surface area contributed by atoms with Crippen molar-refractivity contribution in [3.05, 3.63) is 29.8 Å². The Labute approximate surface area is 116 Å². The molecule has 1 aromatic rings. The summed E-state index contributed by atoms with van der Waals surface area (Å²) >= 11 is 0. The van der Waals surface area contributed by atoms with Gasteiger partial charge in [0.05, 0.1) is 6.61 Å². The predicted octanol–water partition coefficient (Wildman–Crippen LogP) is 3.92. The number of anilines is 1. The van der Waals surface area contributed by atoms with Gasteiger partial charge in [-0.05, 0) is 44.4 Å². The Hall–Kier alpha value is -1.51. The van der Waals surface area contributed by atoms with E-state index in [4.69, 9.17) is 4.74 Å². The van der Waals surface area contributed by atoms with Crippen LogP contribution in [0.4, 0.5) is 5.69 Å². The minimum Gasteiger partial charge on any atom is -0.464 e. The number of hydrogen-bond acceptors (Lipinski definition) is 3. The molecule has 1 aromatic carbocycles. The molecule has 1 atom stereocenters. The summed E-state index contributed by atoms with van der Waals surface area (Å²) in [4.78, 5) is 12.3. The van der Waals surface area contributed by atoms with Gasteiger partial charge in [-0.2, -0.15) is 0 Å². The largest absolute Gasteiger partial charge is 0.464 e. The lowest BCUT2D eigenvalue weighted by Gasteiger charge is -2.32. The Morgan fingerprint density at radius 1 is 1.32 bits per heavy atom. The Morgan fingerprint density at radius 3 is 2.58 bits per heavy atom. The van der Waals surface area contributed by atoms with Crippen molar-refractivity contribution >= 4 is 11.7 Å². The highest BCUT2D eigenvalue weighted by molar-refractivity contribution is 5.84. The number of esters is 1. The molecule has 0 saturated heterocycles. The summed E-state index contributed by atoms with van der Waals surface area (Å²) in [6, 6.07) is 8.09. The van der Waals surface area contributed by atoms with Crippen LogP contribution in [0.25, 0.3) is 0 Å². The summed E-state index contributed by atoms with van der Waals surface area (Å²) in [5.41, 5.74) is 1.54. The van der Waals surface area contributed by atoms with Gasteiger partial charge in [0.1, 0.15) is 5.54 Å². The molecule has 0 radical (unpaired) electrons. The van der Waals surface area contributed by atoms with Gasteiger partial charge in [0.2, 0.25) is 0 Å². The number of aryl methyl sites for hydroxylation is 1. The Balaban J connectivity index is 2.99. The molecule has 0 aliphatic rings. The second-order valence-electron chi connectivity index (χ2n) is 4.90. The van der Waals surface area contributed by atoms with Crippen LogP contribution < -0.4 is 5.32 Å². The van der Waals surface area contributed by atoms with E-state index in [1.165, 1.54) is 5.56 Å². The third-order valence-electron chi connectivity index (χ3n) is 3.35. The number of hydrogen-bond donors (Lipinski definition) is 1. The third-order valence-corrected chi connectivity index (χ3v) is 3.35. The van der Waals surface area contributed by atoms with Crippen molar-refractivity contribution in [1.82, 2.24) is 0 Å². The summed E-state index contributed by atoms with van der Waals surface area (Å²) in [6.07, 6.45) is 2.43. The lowest BCUT2D eigenvalue weighted by molar-refractivity contribution is -0.149. The second kappa shape index (κ2) is 7.17. The Morgan fingerprint density at radius 2 is 2.05 bits per heavy atom. The Bertz CT molecular complexity index is 417. The van der Waals surface area contributed by atoms with Gasteiger partial charge in [-0.1, -0.05) is 32.4 Å². The zero-order valence-corrected chi connectivity index (χ0v) is 12.5. The van der Waals surface area contributed by atoms with Crippen LogP contribution in [-0.2, 0) is 9.53 Å². The third kappa shape index (κ3) is 3.98. The molecule has 0 amide bonds. The van der Waals surface area contributed by atoms with Crippen molar-refractivity contribution < 1.29 is 9.53 Å². The van der Waals surface area contributed by atoms with Crippen molar-refractivity contribution in [2.45, 2.75) is 52.5 Å². The van der Waals surface area contributed by atoms with E-state index in [2.05, 4.69) is 18.3 Å². The highest BCUT2D eigenvalue weighted by atomic mass is 16.5. The van der Waals surface area contributed by atoms with Crippen molar-refractivity contribution in [1.29, 1.82) is 0 Å². The van der Waals surface area contributed by atoms with Crippen LogP contribution in [-0.4, -0.2) is 18.1 Å². The van der Waals surface area contributed by atoms with Crippen LogP contribution >= 0.6 is 0 Å². The highest BCUT2D eigenvalue weighted by Gasteiger charge is 2.37. The van der Waals surface area contributed by atoms with Crippen molar-refractivity contribution in [3.8, 4) is 0 Å². The van der Waals surface area contributed by atoms with Crippen LogP contribution in [0.3, 0.4) is 0 Å². The van der Waals surface area contributed by atoms with Gasteiger partial charge in [-0.25, -0.2) is 4.79 Å². The average Bonchev–Trinajstić information content (AvgIpc) is 2.38. The van der Waals surface area contributed by atoms with E-state index >= 15 is 0 Å². The molecule has 19 heavy (non-hydrogen) atoms. The zero-order chi connectivity index (χ0) is 14.3. The average molecular weight is 263 g/mol. The lowest BCUT2D eigenvalue weighted by Crippen LogP contribution is -2.47. The molecule has 1 N–H and O–H groups in total. The van der Waals surface area contributed by atoms with E-state index in [9.17, 15) is 4.79 Å². The molecule has 0 aromatic heterocycles. The SMILES string of the molecule is CCCC(CC)(Nc1cccc(C)c1)C(=O)OCC. The minimum atomic E-state index is -0.613. The van der Waals surface area contributed by atoms with Gasteiger partial charge in [0.25, 0.3) is 0 Å². The normalized spacial score (nSPS) is 13.7.